The van der Waals surface area contributed by atoms with Gasteiger partial charge in [0.25, 0.3) is 0 Å². The number of nitrogens with one attached hydrogen (secondary N) is 1. The van der Waals surface area contributed by atoms with Crippen LogP contribution in [0.15, 0.2) is 43.0 Å². The summed E-state index contributed by atoms with van der Waals surface area (Å²) in [5.41, 5.74) is 2.93. The Kier molecular flexibility index (Phi) is 4.11. The molecular weight excluding hydrogens is 258 g/mol. The van der Waals surface area contributed by atoms with E-state index in [0.717, 1.165) is 12.2 Å². The second-order valence-electron chi connectivity index (χ2n) is 6.80. The van der Waals surface area contributed by atoms with Crippen LogP contribution in [0.1, 0.15) is 45.1 Å². The van der Waals surface area contributed by atoms with E-state index in [-0.39, 0.29) is 0 Å². The molecule has 21 heavy (non-hydrogen) atoms. The van der Waals surface area contributed by atoms with E-state index >= 15 is 0 Å². The molecule has 0 spiro atoms. The molecule has 1 heterocycles. The van der Waals surface area contributed by atoms with Crippen LogP contribution in [0.4, 0.5) is 0 Å². The van der Waals surface area contributed by atoms with Gasteiger partial charge in [-0.15, -0.1) is 0 Å². The minimum absolute atomic E-state index is 0.426. The SMILES string of the molecule is CC1(C)CCCCC1NCc1ccc(-n2ccnc2)cc1. The van der Waals surface area contributed by atoms with Crippen molar-refractivity contribution in [2.45, 2.75) is 52.1 Å². The molecule has 1 unspecified atom stereocenters. The Morgan fingerprint density at radius 2 is 2.05 bits per heavy atom. The monoisotopic (exact) mass is 283 g/mol. The first-order chi connectivity index (χ1) is 10.1. The Hall–Kier alpha value is -1.61. The summed E-state index contributed by atoms with van der Waals surface area (Å²) in [6.45, 7) is 5.75. The van der Waals surface area contributed by atoms with Gasteiger partial charge in [0.15, 0.2) is 0 Å². The molecule has 3 nitrogen and oxygen atoms in total. The van der Waals surface area contributed by atoms with Crippen LogP contribution < -0.4 is 5.32 Å². The molecule has 112 valence electrons. The van der Waals surface area contributed by atoms with Crippen molar-refractivity contribution in [1.82, 2.24) is 14.9 Å². The minimum atomic E-state index is 0.426. The smallest absolute Gasteiger partial charge is 0.0991 e. The van der Waals surface area contributed by atoms with Crippen LogP contribution >= 0.6 is 0 Å². The Morgan fingerprint density at radius 3 is 2.71 bits per heavy atom. The first-order valence-electron chi connectivity index (χ1n) is 7.96. The summed E-state index contributed by atoms with van der Waals surface area (Å²) >= 11 is 0. The highest BCUT2D eigenvalue weighted by Crippen LogP contribution is 2.35. The number of hydrogen-bond donors (Lipinski definition) is 1. The zero-order valence-corrected chi connectivity index (χ0v) is 13.0. The predicted octanol–water partition coefficient (Wildman–Crippen LogP) is 3.93. The Bertz CT molecular complexity index is 555. The van der Waals surface area contributed by atoms with Gasteiger partial charge in [-0.05, 0) is 36.0 Å². The summed E-state index contributed by atoms with van der Waals surface area (Å²) in [4.78, 5) is 4.09. The molecule has 0 amide bonds. The van der Waals surface area contributed by atoms with E-state index in [1.54, 1.807) is 6.20 Å². The van der Waals surface area contributed by atoms with Crippen LogP contribution in [-0.2, 0) is 6.54 Å². The summed E-state index contributed by atoms with van der Waals surface area (Å²) in [5.74, 6) is 0. The van der Waals surface area contributed by atoms with Crippen molar-refractivity contribution in [3.8, 4) is 5.69 Å². The highest BCUT2D eigenvalue weighted by Gasteiger charge is 2.31. The second-order valence-corrected chi connectivity index (χ2v) is 6.80. The highest BCUT2D eigenvalue weighted by atomic mass is 15.0. The molecule has 1 atom stereocenters. The fourth-order valence-corrected chi connectivity index (χ4v) is 3.31. The number of hydrogen-bond acceptors (Lipinski definition) is 2. The van der Waals surface area contributed by atoms with Crippen LogP contribution in [0.2, 0.25) is 0 Å². The van der Waals surface area contributed by atoms with E-state index in [2.05, 4.69) is 48.4 Å². The third kappa shape index (κ3) is 3.35. The number of imidazole rings is 1. The van der Waals surface area contributed by atoms with Gasteiger partial charge in [-0.3, -0.25) is 0 Å². The molecule has 1 saturated carbocycles. The molecule has 1 N–H and O–H groups in total. The zero-order chi connectivity index (χ0) is 14.7. The van der Waals surface area contributed by atoms with Gasteiger partial charge in [0.1, 0.15) is 0 Å². The largest absolute Gasteiger partial charge is 0.309 e. The lowest BCUT2D eigenvalue weighted by atomic mass is 9.73. The summed E-state index contributed by atoms with van der Waals surface area (Å²) in [5, 5.41) is 3.76. The first kappa shape index (κ1) is 14.3. The number of benzene rings is 1. The van der Waals surface area contributed by atoms with E-state index in [1.807, 2.05) is 17.1 Å². The third-order valence-corrected chi connectivity index (χ3v) is 4.80. The number of rotatable bonds is 4. The highest BCUT2D eigenvalue weighted by molar-refractivity contribution is 5.34. The summed E-state index contributed by atoms with van der Waals surface area (Å²) in [7, 11) is 0. The summed E-state index contributed by atoms with van der Waals surface area (Å²) < 4.78 is 2.03. The maximum atomic E-state index is 4.09. The molecule has 1 aliphatic carbocycles. The van der Waals surface area contributed by atoms with E-state index in [4.69, 9.17) is 0 Å². The van der Waals surface area contributed by atoms with Crippen LogP contribution in [0, 0.1) is 5.41 Å². The molecule has 3 rings (SSSR count). The zero-order valence-electron chi connectivity index (χ0n) is 13.0. The van der Waals surface area contributed by atoms with Gasteiger partial charge in [-0.25, -0.2) is 4.98 Å². The molecular formula is C18H25N3. The maximum Gasteiger partial charge on any atom is 0.0991 e. The molecule has 1 aromatic heterocycles. The molecule has 2 aromatic rings. The van der Waals surface area contributed by atoms with Crippen molar-refractivity contribution in [3.05, 3.63) is 48.5 Å². The lowest BCUT2D eigenvalue weighted by Crippen LogP contribution is -2.43. The normalized spacial score (nSPS) is 21.3. The van der Waals surface area contributed by atoms with Crippen molar-refractivity contribution in [2.75, 3.05) is 0 Å². The van der Waals surface area contributed by atoms with Crippen molar-refractivity contribution >= 4 is 0 Å². The van der Waals surface area contributed by atoms with Crippen LogP contribution in [0.25, 0.3) is 5.69 Å². The molecule has 1 aliphatic rings. The van der Waals surface area contributed by atoms with Gasteiger partial charge in [0.2, 0.25) is 0 Å². The lowest BCUT2D eigenvalue weighted by Gasteiger charge is -2.39. The average Bonchev–Trinajstić information content (AvgIpc) is 3.00. The Labute approximate surface area is 127 Å². The fraction of sp³-hybridized carbons (Fsp3) is 0.500. The maximum absolute atomic E-state index is 4.09. The van der Waals surface area contributed by atoms with Gasteiger partial charge in [-0.1, -0.05) is 38.8 Å². The second kappa shape index (κ2) is 6.02. The van der Waals surface area contributed by atoms with Crippen LogP contribution in [-0.4, -0.2) is 15.6 Å². The van der Waals surface area contributed by atoms with Gasteiger partial charge in [0.05, 0.1) is 6.33 Å². The minimum Gasteiger partial charge on any atom is -0.309 e. The molecule has 0 aliphatic heterocycles. The number of nitrogens with zero attached hydrogens (tertiary/aromatic N) is 2. The summed E-state index contributed by atoms with van der Waals surface area (Å²) in [6, 6.07) is 9.37. The van der Waals surface area contributed by atoms with E-state index in [9.17, 15) is 0 Å². The van der Waals surface area contributed by atoms with Gasteiger partial charge in [-0.2, -0.15) is 0 Å². The molecule has 0 radical (unpaired) electrons. The van der Waals surface area contributed by atoms with Crippen molar-refractivity contribution in [1.29, 1.82) is 0 Å². The quantitative estimate of drug-likeness (QED) is 0.921. The molecule has 0 saturated heterocycles. The van der Waals surface area contributed by atoms with Gasteiger partial charge in [0, 0.05) is 30.7 Å². The predicted molar refractivity (Wildman–Crippen MR) is 86.4 cm³/mol. The average molecular weight is 283 g/mol. The first-order valence-corrected chi connectivity index (χ1v) is 7.96. The Morgan fingerprint density at radius 1 is 1.24 bits per heavy atom. The van der Waals surface area contributed by atoms with Gasteiger partial charge >= 0.3 is 0 Å². The van der Waals surface area contributed by atoms with Crippen molar-refractivity contribution in [3.63, 3.8) is 0 Å². The molecule has 1 aromatic carbocycles. The van der Waals surface area contributed by atoms with E-state index < -0.39 is 0 Å². The Balaban J connectivity index is 1.61. The van der Waals surface area contributed by atoms with Crippen LogP contribution in [0.5, 0.6) is 0 Å². The van der Waals surface area contributed by atoms with Gasteiger partial charge < -0.3 is 9.88 Å². The standard InChI is InChI=1S/C18H25N3/c1-18(2)10-4-3-5-17(18)20-13-15-6-8-16(9-7-15)21-12-11-19-14-21/h6-9,11-12,14,17,20H,3-5,10,13H2,1-2H3. The van der Waals surface area contributed by atoms with E-state index in [0.29, 0.717) is 11.5 Å². The fourth-order valence-electron chi connectivity index (χ4n) is 3.31. The topological polar surface area (TPSA) is 29.9 Å². The van der Waals surface area contributed by atoms with Crippen molar-refractivity contribution < 1.29 is 0 Å². The lowest BCUT2D eigenvalue weighted by molar-refractivity contribution is 0.167. The molecule has 0 bridgehead atoms. The third-order valence-electron chi connectivity index (χ3n) is 4.80. The van der Waals surface area contributed by atoms with E-state index in [1.165, 1.54) is 31.2 Å². The molecule has 3 heteroatoms. The van der Waals surface area contributed by atoms with Crippen LogP contribution in [0.3, 0.4) is 0 Å². The van der Waals surface area contributed by atoms with Crippen molar-refractivity contribution in [2.24, 2.45) is 5.41 Å². The number of aromatic nitrogens is 2. The molecule has 1 fully saturated rings. The summed E-state index contributed by atoms with van der Waals surface area (Å²) in [6.07, 6.45) is 11.0.